The molecule has 1 N–H and O–H groups in total. The van der Waals surface area contributed by atoms with Crippen LogP contribution in [0.1, 0.15) is 36.8 Å². The SMILES string of the molecule is COCOc1c2c(c(OCOC)c3c(OCOC)cccc13)/C(=N/NS(C)(=O)=O)C1=C2CCCC1. The van der Waals surface area contributed by atoms with Crippen molar-refractivity contribution in [3.63, 3.8) is 0 Å². The summed E-state index contributed by atoms with van der Waals surface area (Å²) >= 11 is 0. The second kappa shape index (κ2) is 10.8. The first-order chi connectivity index (χ1) is 16.9. The number of hydrazone groups is 1. The topological polar surface area (TPSA) is 114 Å². The molecular weight excluding hydrogens is 476 g/mol. The molecule has 2 aromatic carbocycles. The number of hydrogen-bond donors (Lipinski definition) is 1. The van der Waals surface area contributed by atoms with Crippen LogP contribution in [0.4, 0.5) is 0 Å². The highest BCUT2D eigenvalue weighted by molar-refractivity contribution is 7.88. The zero-order valence-electron chi connectivity index (χ0n) is 20.3. The number of methoxy groups -OCH3 is 3. The van der Waals surface area contributed by atoms with Gasteiger partial charge < -0.3 is 28.4 Å². The van der Waals surface area contributed by atoms with Crippen LogP contribution in [0.25, 0.3) is 16.3 Å². The molecule has 2 aliphatic rings. The van der Waals surface area contributed by atoms with Crippen molar-refractivity contribution in [2.45, 2.75) is 25.7 Å². The molecule has 35 heavy (non-hydrogen) atoms. The van der Waals surface area contributed by atoms with E-state index in [9.17, 15) is 8.42 Å². The number of fused-ring (bicyclic) bond motifs is 3. The second-order valence-electron chi connectivity index (χ2n) is 8.23. The van der Waals surface area contributed by atoms with Gasteiger partial charge in [-0.05, 0) is 42.9 Å². The van der Waals surface area contributed by atoms with Gasteiger partial charge in [-0.1, -0.05) is 12.1 Å². The van der Waals surface area contributed by atoms with E-state index in [0.717, 1.165) is 54.0 Å². The summed E-state index contributed by atoms with van der Waals surface area (Å²) in [5.74, 6) is 1.58. The molecule has 0 atom stereocenters. The van der Waals surface area contributed by atoms with Crippen molar-refractivity contribution in [2.75, 3.05) is 48.0 Å². The Balaban J connectivity index is 2.10. The molecule has 0 heterocycles. The fraction of sp³-hybridized carbons (Fsp3) is 0.458. The van der Waals surface area contributed by atoms with Crippen molar-refractivity contribution in [3.05, 3.63) is 34.9 Å². The Morgan fingerprint density at radius 3 is 2.14 bits per heavy atom. The van der Waals surface area contributed by atoms with Crippen LogP contribution in [0.15, 0.2) is 28.9 Å². The summed E-state index contributed by atoms with van der Waals surface area (Å²) in [7, 11) is 1.04. The molecule has 0 amide bonds. The Hall–Kier alpha value is -2.86. The van der Waals surface area contributed by atoms with Crippen molar-refractivity contribution in [2.24, 2.45) is 5.10 Å². The second-order valence-corrected chi connectivity index (χ2v) is 9.95. The highest BCUT2D eigenvalue weighted by Crippen LogP contribution is 2.54. The van der Waals surface area contributed by atoms with Crippen LogP contribution >= 0.6 is 0 Å². The maximum absolute atomic E-state index is 11.9. The maximum atomic E-state index is 11.9. The third-order valence-electron chi connectivity index (χ3n) is 5.79. The fourth-order valence-electron chi connectivity index (χ4n) is 4.57. The summed E-state index contributed by atoms with van der Waals surface area (Å²) in [4.78, 5) is 2.30. The van der Waals surface area contributed by atoms with Crippen molar-refractivity contribution in [1.29, 1.82) is 0 Å². The number of hydrogen-bond acceptors (Lipinski definition) is 9. The monoisotopic (exact) mass is 506 g/mol. The lowest BCUT2D eigenvalue weighted by Gasteiger charge is -2.22. The van der Waals surface area contributed by atoms with E-state index in [-0.39, 0.29) is 20.4 Å². The minimum Gasteiger partial charge on any atom is -0.467 e. The van der Waals surface area contributed by atoms with Crippen molar-refractivity contribution in [3.8, 4) is 17.2 Å². The molecule has 0 saturated carbocycles. The van der Waals surface area contributed by atoms with E-state index in [4.69, 9.17) is 28.4 Å². The molecule has 0 aromatic heterocycles. The summed E-state index contributed by atoms with van der Waals surface area (Å²) in [6, 6.07) is 5.60. The number of nitrogens with zero attached hydrogens (tertiary/aromatic N) is 1. The van der Waals surface area contributed by atoms with Gasteiger partial charge in [0.05, 0.1) is 22.9 Å². The van der Waals surface area contributed by atoms with Gasteiger partial charge in [0.25, 0.3) is 0 Å². The van der Waals surface area contributed by atoms with E-state index in [1.807, 2.05) is 12.1 Å². The van der Waals surface area contributed by atoms with Crippen LogP contribution in [-0.2, 0) is 24.2 Å². The molecule has 0 fully saturated rings. The summed E-state index contributed by atoms with van der Waals surface area (Å²) < 4.78 is 57.7. The zero-order valence-corrected chi connectivity index (χ0v) is 21.1. The Bertz CT molecular complexity index is 1270. The Morgan fingerprint density at radius 1 is 0.857 bits per heavy atom. The minimum atomic E-state index is -3.59. The molecule has 0 radical (unpaired) electrons. The number of benzene rings is 2. The number of sulfonamides is 1. The average molecular weight is 507 g/mol. The van der Waals surface area contributed by atoms with Crippen molar-refractivity contribution in [1.82, 2.24) is 4.83 Å². The summed E-state index contributed by atoms with van der Waals surface area (Å²) in [5.41, 5.74) is 4.02. The molecule has 0 aliphatic heterocycles. The predicted molar refractivity (Wildman–Crippen MR) is 131 cm³/mol. The first-order valence-corrected chi connectivity index (χ1v) is 13.1. The van der Waals surface area contributed by atoms with Crippen LogP contribution in [0.2, 0.25) is 0 Å². The number of ether oxygens (including phenoxy) is 6. The van der Waals surface area contributed by atoms with Gasteiger partial charge in [0.1, 0.15) is 17.2 Å². The standard InChI is InChI=1S/C24H30N2O8S/c1-29-12-32-18-11-7-10-17-19(18)24(34-14-31-3)21-20(23(17)33-13-30-2)15-8-5-6-9-16(15)22(21)25-26-35(4,27)28/h7,10-11,26H,5-6,8-9,12-14H2,1-4H3/b25-22+. The minimum absolute atomic E-state index is 0.0273. The van der Waals surface area contributed by atoms with Gasteiger partial charge in [-0.2, -0.15) is 5.10 Å². The molecule has 0 saturated heterocycles. The van der Waals surface area contributed by atoms with Crippen LogP contribution < -0.4 is 19.0 Å². The van der Waals surface area contributed by atoms with E-state index in [1.54, 1.807) is 13.2 Å². The molecule has 190 valence electrons. The zero-order chi connectivity index (χ0) is 25.0. The molecule has 4 rings (SSSR count). The first kappa shape index (κ1) is 25.2. The van der Waals surface area contributed by atoms with Gasteiger partial charge in [-0.15, -0.1) is 0 Å². The summed E-state index contributed by atoms with van der Waals surface area (Å²) in [6.07, 6.45) is 4.59. The van der Waals surface area contributed by atoms with Crippen LogP contribution in [0.3, 0.4) is 0 Å². The number of allylic oxidation sites excluding steroid dienone is 2. The van der Waals surface area contributed by atoms with E-state index in [0.29, 0.717) is 33.9 Å². The van der Waals surface area contributed by atoms with E-state index in [2.05, 4.69) is 9.93 Å². The van der Waals surface area contributed by atoms with Crippen molar-refractivity contribution >= 4 is 32.1 Å². The average Bonchev–Trinajstić information content (AvgIpc) is 3.17. The Labute approximate surface area is 204 Å². The predicted octanol–water partition coefficient (Wildman–Crippen LogP) is 3.38. The van der Waals surface area contributed by atoms with Gasteiger partial charge in [-0.3, -0.25) is 0 Å². The lowest BCUT2D eigenvalue weighted by Crippen LogP contribution is -2.19. The molecule has 0 bridgehead atoms. The maximum Gasteiger partial charge on any atom is 0.244 e. The van der Waals surface area contributed by atoms with Crippen LogP contribution in [0, 0.1) is 0 Å². The molecule has 11 heteroatoms. The lowest BCUT2D eigenvalue weighted by atomic mass is 9.90. The molecule has 0 spiro atoms. The van der Waals surface area contributed by atoms with E-state index in [1.165, 1.54) is 14.2 Å². The molecule has 2 aromatic rings. The Morgan fingerprint density at radius 2 is 1.49 bits per heavy atom. The quantitative estimate of drug-likeness (QED) is 0.365. The third-order valence-corrected chi connectivity index (χ3v) is 6.22. The van der Waals surface area contributed by atoms with Crippen molar-refractivity contribution < 1.29 is 36.8 Å². The summed E-state index contributed by atoms with van der Waals surface area (Å²) in [5, 5.41) is 5.75. The van der Waals surface area contributed by atoms with Gasteiger partial charge in [0.15, 0.2) is 20.4 Å². The first-order valence-electron chi connectivity index (χ1n) is 11.2. The lowest BCUT2D eigenvalue weighted by molar-refractivity contribution is 0.0472. The molecular formula is C24H30N2O8S. The third kappa shape index (κ3) is 5.08. The van der Waals surface area contributed by atoms with E-state index >= 15 is 0 Å². The van der Waals surface area contributed by atoms with Gasteiger partial charge in [-0.25, -0.2) is 13.2 Å². The highest BCUT2D eigenvalue weighted by Gasteiger charge is 2.38. The van der Waals surface area contributed by atoms with Gasteiger partial charge in [0.2, 0.25) is 10.0 Å². The van der Waals surface area contributed by atoms with Crippen LogP contribution in [0.5, 0.6) is 17.2 Å². The van der Waals surface area contributed by atoms with E-state index < -0.39 is 10.0 Å². The molecule has 2 aliphatic carbocycles. The normalized spacial score (nSPS) is 16.4. The summed E-state index contributed by atoms with van der Waals surface area (Å²) in [6.45, 7) is 0.0229. The number of rotatable bonds is 11. The fourth-order valence-corrected chi connectivity index (χ4v) is 4.83. The molecule has 10 nitrogen and oxygen atoms in total. The van der Waals surface area contributed by atoms with Crippen LogP contribution in [-0.4, -0.2) is 62.1 Å². The highest BCUT2D eigenvalue weighted by atomic mass is 32.2. The van der Waals surface area contributed by atoms with Gasteiger partial charge in [0, 0.05) is 32.3 Å². The largest absolute Gasteiger partial charge is 0.467 e. The smallest absolute Gasteiger partial charge is 0.244 e. The Kier molecular flexibility index (Phi) is 7.80. The number of nitrogens with one attached hydrogen (secondary N) is 1. The van der Waals surface area contributed by atoms with Gasteiger partial charge >= 0.3 is 0 Å². The molecule has 0 unspecified atom stereocenters.